The van der Waals surface area contributed by atoms with E-state index in [4.69, 9.17) is 13.9 Å². The fourth-order valence-electron chi connectivity index (χ4n) is 3.87. The summed E-state index contributed by atoms with van der Waals surface area (Å²) in [6.45, 7) is 0.737. The standard InChI is InChI=1S/C21H16F4N4O4/c22-13-2-1-11(6-14(13)23)32-17-3-4-31-9-16(17)29-8-15-12(21(29)30)5-10(7-26-15)19-27-28-20(33-19)18(24)25/h1-2,5-7,16-18H,3-4,8-9H2/t16-,17-/m1/s1. The van der Waals surface area contributed by atoms with Crippen LogP contribution in [0.25, 0.3) is 11.5 Å². The van der Waals surface area contributed by atoms with E-state index in [9.17, 15) is 22.4 Å². The van der Waals surface area contributed by atoms with E-state index in [0.29, 0.717) is 18.7 Å². The third kappa shape index (κ3) is 4.01. The largest absolute Gasteiger partial charge is 0.488 e. The fraction of sp³-hybridized carbons (Fsp3) is 0.333. The van der Waals surface area contributed by atoms with Crippen LogP contribution in [-0.2, 0) is 11.3 Å². The Bertz CT molecular complexity index is 1200. The molecule has 0 unspecified atom stereocenters. The molecule has 1 fully saturated rings. The quantitative estimate of drug-likeness (QED) is 0.534. The van der Waals surface area contributed by atoms with Crippen molar-refractivity contribution in [3.05, 3.63) is 59.2 Å². The lowest BCUT2D eigenvalue weighted by Crippen LogP contribution is -2.52. The number of nitrogens with zero attached hydrogens (tertiary/aromatic N) is 4. The molecule has 2 aromatic heterocycles. The van der Waals surface area contributed by atoms with Crippen LogP contribution < -0.4 is 4.74 Å². The number of rotatable bonds is 5. The van der Waals surface area contributed by atoms with Crippen LogP contribution in [0.1, 0.15) is 34.8 Å². The number of pyridine rings is 1. The van der Waals surface area contributed by atoms with Gasteiger partial charge in [-0.25, -0.2) is 8.78 Å². The second kappa shape index (κ2) is 8.43. The second-order valence-electron chi connectivity index (χ2n) is 7.56. The molecule has 2 aliphatic heterocycles. The molecule has 4 heterocycles. The van der Waals surface area contributed by atoms with Gasteiger partial charge in [-0.3, -0.25) is 9.78 Å². The number of ether oxygens (including phenoxy) is 2. The highest BCUT2D eigenvalue weighted by Crippen LogP contribution is 2.31. The van der Waals surface area contributed by atoms with Crippen LogP contribution in [0.15, 0.2) is 34.9 Å². The monoisotopic (exact) mass is 464 g/mol. The summed E-state index contributed by atoms with van der Waals surface area (Å²) >= 11 is 0. The van der Waals surface area contributed by atoms with E-state index in [1.54, 1.807) is 0 Å². The van der Waals surface area contributed by atoms with Crippen LogP contribution in [0.5, 0.6) is 5.75 Å². The Morgan fingerprint density at radius 2 is 2.00 bits per heavy atom. The minimum Gasteiger partial charge on any atom is -0.488 e. The maximum atomic E-state index is 13.6. The maximum Gasteiger partial charge on any atom is 0.314 e. The zero-order valence-corrected chi connectivity index (χ0v) is 16.9. The molecule has 1 amide bonds. The molecule has 2 atom stereocenters. The Balaban J connectivity index is 1.37. The molecule has 12 heteroatoms. The van der Waals surface area contributed by atoms with E-state index in [1.165, 1.54) is 23.2 Å². The number of fused-ring (bicyclic) bond motifs is 1. The summed E-state index contributed by atoms with van der Waals surface area (Å²) < 4.78 is 68.6. The van der Waals surface area contributed by atoms with Crippen LogP contribution in [0.4, 0.5) is 17.6 Å². The summed E-state index contributed by atoms with van der Waals surface area (Å²) in [6, 6.07) is 4.19. The molecule has 1 aromatic carbocycles. The smallest absolute Gasteiger partial charge is 0.314 e. The number of hydrogen-bond donors (Lipinski definition) is 0. The second-order valence-corrected chi connectivity index (χ2v) is 7.56. The maximum absolute atomic E-state index is 13.6. The van der Waals surface area contributed by atoms with Gasteiger partial charge >= 0.3 is 6.43 Å². The van der Waals surface area contributed by atoms with Crippen molar-refractivity contribution in [1.82, 2.24) is 20.1 Å². The first-order valence-corrected chi connectivity index (χ1v) is 10.0. The number of carbonyl (C=O) groups is 1. The van der Waals surface area contributed by atoms with E-state index in [1.807, 2.05) is 0 Å². The van der Waals surface area contributed by atoms with Gasteiger partial charge in [0.05, 0.1) is 42.6 Å². The van der Waals surface area contributed by atoms with Gasteiger partial charge in [-0.05, 0) is 18.2 Å². The highest BCUT2D eigenvalue weighted by atomic mass is 19.3. The zero-order valence-electron chi connectivity index (χ0n) is 16.9. The molecule has 2 aliphatic rings. The van der Waals surface area contributed by atoms with Crippen LogP contribution in [-0.4, -0.2) is 51.3 Å². The third-order valence-corrected chi connectivity index (χ3v) is 5.50. The van der Waals surface area contributed by atoms with Crippen molar-refractivity contribution in [3.63, 3.8) is 0 Å². The normalized spacial score (nSPS) is 20.4. The van der Waals surface area contributed by atoms with E-state index < -0.39 is 36.1 Å². The molecule has 0 bridgehead atoms. The topological polar surface area (TPSA) is 90.6 Å². The van der Waals surface area contributed by atoms with Crippen molar-refractivity contribution in [2.24, 2.45) is 0 Å². The first-order valence-electron chi connectivity index (χ1n) is 10.0. The molecule has 172 valence electrons. The van der Waals surface area contributed by atoms with E-state index in [-0.39, 0.29) is 41.8 Å². The van der Waals surface area contributed by atoms with Crippen LogP contribution in [0.3, 0.4) is 0 Å². The number of halogens is 4. The van der Waals surface area contributed by atoms with E-state index in [0.717, 1.165) is 12.1 Å². The van der Waals surface area contributed by atoms with Crippen molar-refractivity contribution >= 4 is 5.91 Å². The molecular formula is C21H16F4N4O4. The van der Waals surface area contributed by atoms with Crippen molar-refractivity contribution in [2.45, 2.75) is 31.5 Å². The molecule has 3 aromatic rings. The molecule has 5 rings (SSSR count). The SMILES string of the molecule is O=C1c2cc(-c3nnc(C(F)F)o3)cnc2CN1[C@@H]1COCC[C@H]1Oc1ccc(F)c(F)c1. The first kappa shape index (κ1) is 21.3. The number of aromatic nitrogens is 3. The van der Waals surface area contributed by atoms with Crippen LogP contribution >= 0.6 is 0 Å². The van der Waals surface area contributed by atoms with Crippen LogP contribution in [0, 0.1) is 11.6 Å². The molecule has 0 aliphatic carbocycles. The summed E-state index contributed by atoms with van der Waals surface area (Å²) in [4.78, 5) is 19.0. The van der Waals surface area contributed by atoms with E-state index >= 15 is 0 Å². The number of benzene rings is 1. The predicted molar refractivity (Wildman–Crippen MR) is 102 cm³/mol. The number of carbonyl (C=O) groups excluding carboxylic acids is 1. The van der Waals surface area contributed by atoms with Crippen molar-refractivity contribution in [2.75, 3.05) is 13.2 Å². The van der Waals surface area contributed by atoms with Crippen molar-refractivity contribution in [3.8, 4) is 17.2 Å². The van der Waals surface area contributed by atoms with Gasteiger partial charge in [0.15, 0.2) is 11.6 Å². The predicted octanol–water partition coefficient (Wildman–Crippen LogP) is 3.54. The number of alkyl halides is 2. The van der Waals surface area contributed by atoms with Crippen molar-refractivity contribution in [1.29, 1.82) is 0 Å². The summed E-state index contributed by atoms with van der Waals surface area (Å²) in [5.74, 6) is -3.24. The van der Waals surface area contributed by atoms with Gasteiger partial charge in [0.25, 0.3) is 11.8 Å². The average Bonchev–Trinajstić information content (AvgIpc) is 3.42. The minimum atomic E-state index is -2.91. The van der Waals surface area contributed by atoms with Crippen LogP contribution in [0.2, 0.25) is 0 Å². The number of hydrogen-bond acceptors (Lipinski definition) is 7. The molecule has 33 heavy (non-hydrogen) atoms. The summed E-state index contributed by atoms with van der Waals surface area (Å²) in [6.07, 6.45) is -1.64. The molecule has 0 N–H and O–H groups in total. The molecule has 0 saturated carbocycles. The lowest BCUT2D eigenvalue weighted by Gasteiger charge is -2.37. The third-order valence-electron chi connectivity index (χ3n) is 5.50. The average molecular weight is 464 g/mol. The zero-order chi connectivity index (χ0) is 23.1. The van der Waals surface area contributed by atoms with Gasteiger partial charge in [0, 0.05) is 18.7 Å². The van der Waals surface area contributed by atoms with Gasteiger partial charge in [-0.15, -0.1) is 10.2 Å². The highest BCUT2D eigenvalue weighted by Gasteiger charge is 2.40. The van der Waals surface area contributed by atoms with Gasteiger partial charge in [0.2, 0.25) is 5.89 Å². The number of amides is 1. The Morgan fingerprint density at radius 3 is 2.76 bits per heavy atom. The summed E-state index contributed by atoms with van der Waals surface area (Å²) in [7, 11) is 0. The Morgan fingerprint density at radius 1 is 1.15 bits per heavy atom. The van der Waals surface area contributed by atoms with Gasteiger partial charge < -0.3 is 18.8 Å². The Labute approximate surface area is 184 Å². The lowest BCUT2D eigenvalue weighted by molar-refractivity contribution is -0.0431. The van der Waals surface area contributed by atoms with E-state index in [2.05, 4.69) is 15.2 Å². The molecule has 0 radical (unpaired) electrons. The fourth-order valence-corrected chi connectivity index (χ4v) is 3.87. The van der Waals surface area contributed by atoms with Gasteiger partial charge in [-0.1, -0.05) is 0 Å². The summed E-state index contributed by atoms with van der Waals surface area (Å²) in [5.41, 5.74) is 0.980. The minimum absolute atomic E-state index is 0.140. The molecular weight excluding hydrogens is 448 g/mol. The highest BCUT2D eigenvalue weighted by molar-refractivity contribution is 5.99. The first-order chi connectivity index (χ1) is 15.9. The van der Waals surface area contributed by atoms with Crippen molar-refractivity contribution < 1.29 is 36.2 Å². The Hall–Kier alpha value is -3.54. The summed E-state index contributed by atoms with van der Waals surface area (Å²) in [5, 5.41) is 6.86. The lowest BCUT2D eigenvalue weighted by atomic mass is 10.0. The van der Waals surface area contributed by atoms with Gasteiger partial charge in [-0.2, -0.15) is 8.78 Å². The molecule has 1 saturated heterocycles. The molecule has 8 nitrogen and oxygen atoms in total. The van der Waals surface area contributed by atoms with Gasteiger partial charge in [0.1, 0.15) is 11.9 Å². The molecule has 0 spiro atoms. The Kier molecular flexibility index (Phi) is 5.44.